The Morgan fingerprint density at radius 2 is 0.911 bits per heavy atom. The molecule has 0 radical (unpaired) electrons. The first kappa shape index (κ1) is 38.1. The summed E-state index contributed by atoms with van der Waals surface area (Å²) >= 11 is 0. The van der Waals surface area contributed by atoms with Crippen molar-refractivity contribution < 1.29 is 45.7 Å². The van der Waals surface area contributed by atoms with E-state index in [4.69, 9.17) is 18.9 Å². The number of unbranched alkanes of at least 4 members (excludes halogenated alkanes) is 12. The zero-order valence-electron chi connectivity index (χ0n) is 27.0. The van der Waals surface area contributed by atoms with Gasteiger partial charge < -0.3 is 18.9 Å². The largest absolute Gasteiger partial charge is 0.490 e. The van der Waals surface area contributed by atoms with Gasteiger partial charge in [-0.3, -0.25) is 0 Å². The molecule has 0 heterocycles. The van der Waals surface area contributed by atoms with Crippen LogP contribution in [0.4, 0.5) is 22.0 Å². The molecule has 5 nitrogen and oxygen atoms in total. The fourth-order valence-electron chi connectivity index (χ4n) is 4.73. The molecule has 0 aromatic heterocycles. The van der Waals surface area contributed by atoms with E-state index in [1.165, 1.54) is 0 Å². The molecule has 0 bridgehead atoms. The minimum absolute atomic E-state index is 0.337. The van der Waals surface area contributed by atoms with Crippen LogP contribution in [0.25, 0.3) is 0 Å². The zero-order valence-corrected chi connectivity index (χ0v) is 27.0. The lowest BCUT2D eigenvalue weighted by Gasteiger charge is -2.19. The van der Waals surface area contributed by atoms with Gasteiger partial charge in [-0.25, -0.2) is 26.7 Å². The second-order valence-corrected chi connectivity index (χ2v) is 11.2. The summed E-state index contributed by atoms with van der Waals surface area (Å²) in [6.07, 6.45) is 15.5. The van der Waals surface area contributed by atoms with Crippen LogP contribution in [0.15, 0.2) is 12.1 Å². The lowest BCUT2D eigenvalue weighted by atomic mass is 10.1. The van der Waals surface area contributed by atoms with E-state index in [9.17, 15) is 26.7 Å². The van der Waals surface area contributed by atoms with Gasteiger partial charge in [0.05, 0.1) is 19.8 Å². The molecule has 254 valence electrons. The van der Waals surface area contributed by atoms with Crippen LogP contribution in [-0.4, -0.2) is 25.8 Å². The van der Waals surface area contributed by atoms with E-state index in [0.717, 1.165) is 96.3 Å². The van der Waals surface area contributed by atoms with Gasteiger partial charge in [0.2, 0.25) is 11.6 Å². The fraction of sp³-hybridized carbons (Fsp3) is 0.629. The Kier molecular flexibility index (Phi) is 18.4. The van der Waals surface area contributed by atoms with Gasteiger partial charge in [0.25, 0.3) is 0 Å². The average molecular weight is 645 g/mol. The van der Waals surface area contributed by atoms with E-state index >= 15 is 0 Å². The van der Waals surface area contributed by atoms with Crippen molar-refractivity contribution in [3.05, 3.63) is 52.3 Å². The van der Waals surface area contributed by atoms with Crippen molar-refractivity contribution in [2.45, 2.75) is 124 Å². The van der Waals surface area contributed by atoms with Crippen molar-refractivity contribution >= 4 is 5.97 Å². The minimum atomic E-state index is -2.35. The Morgan fingerprint density at radius 1 is 0.533 bits per heavy atom. The average Bonchev–Trinajstić information content (AvgIpc) is 3.03. The predicted molar refractivity (Wildman–Crippen MR) is 165 cm³/mol. The smallest absolute Gasteiger partial charge is 0.344 e. The minimum Gasteiger partial charge on any atom is -0.490 e. The van der Waals surface area contributed by atoms with E-state index in [2.05, 4.69) is 20.8 Å². The quantitative estimate of drug-likeness (QED) is 0.0374. The summed E-state index contributed by atoms with van der Waals surface area (Å²) < 4.78 is 92.7. The van der Waals surface area contributed by atoms with E-state index in [0.29, 0.717) is 42.6 Å². The molecule has 0 aliphatic heterocycles. The third-order valence-corrected chi connectivity index (χ3v) is 7.37. The SMILES string of the molecule is CCCCCCCOc1cc(COC(=O)c2c(F)c(F)c(F)c(F)c2F)cc(OCCCCCCC)c1OCCCCCCC. The molecular weight excluding hydrogens is 595 g/mol. The highest BCUT2D eigenvalue weighted by Gasteiger charge is 2.31. The topological polar surface area (TPSA) is 54.0 Å². The second kappa shape index (κ2) is 21.7. The first-order valence-electron chi connectivity index (χ1n) is 16.5. The third kappa shape index (κ3) is 12.7. The van der Waals surface area contributed by atoms with E-state index in [1.54, 1.807) is 12.1 Å². The molecule has 0 saturated heterocycles. The van der Waals surface area contributed by atoms with Gasteiger partial charge >= 0.3 is 5.97 Å². The van der Waals surface area contributed by atoms with Crippen molar-refractivity contribution in [3.63, 3.8) is 0 Å². The zero-order chi connectivity index (χ0) is 33.0. The Hall–Kier alpha value is -3.04. The summed E-state index contributed by atoms with van der Waals surface area (Å²) in [5.74, 6) is -11.8. The van der Waals surface area contributed by atoms with E-state index in [-0.39, 0.29) is 0 Å². The summed E-state index contributed by atoms with van der Waals surface area (Å²) in [5, 5.41) is 0. The van der Waals surface area contributed by atoms with Crippen molar-refractivity contribution in [2.24, 2.45) is 0 Å². The molecule has 0 aliphatic rings. The number of hydrogen-bond acceptors (Lipinski definition) is 5. The number of esters is 1. The molecule has 0 N–H and O–H groups in total. The van der Waals surface area contributed by atoms with E-state index in [1.807, 2.05) is 0 Å². The van der Waals surface area contributed by atoms with Gasteiger partial charge in [0.15, 0.2) is 34.8 Å². The summed E-state index contributed by atoms with van der Waals surface area (Å²) in [5.41, 5.74) is -1.31. The number of ether oxygens (including phenoxy) is 4. The molecule has 0 atom stereocenters. The van der Waals surface area contributed by atoms with Gasteiger partial charge in [-0.05, 0) is 37.0 Å². The highest BCUT2D eigenvalue weighted by Crippen LogP contribution is 2.40. The van der Waals surface area contributed by atoms with Crippen molar-refractivity contribution in [3.8, 4) is 17.2 Å². The number of hydrogen-bond donors (Lipinski definition) is 0. The molecule has 0 unspecified atom stereocenters. The third-order valence-electron chi connectivity index (χ3n) is 7.37. The number of benzene rings is 2. The Balaban J connectivity index is 2.30. The molecule has 0 aliphatic carbocycles. The van der Waals surface area contributed by atoms with Gasteiger partial charge in [0, 0.05) is 0 Å². The maximum atomic E-state index is 14.2. The summed E-state index contributed by atoms with van der Waals surface area (Å²) in [6, 6.07) is 3.16. The lowest BCUT2D eigenvalue weighted by Crippen LogP contribution is -2.15. The number of carbonyl (C=O) groups excluding carboxylic acids is 1. The summed E-state index contributed by atoms with van der Waals surface area (Å²) in [6.45, 7) is 7.14. The molecule has 2 rings (SSSR count). The molecule has 0 amide bonds. The first-order chi connectivity index (χ1) is 21.8. The van der Waals surface area contributed by atoms with Crippen molar-refractivity contribution in [1.29, 1.82) is 0 Å². The van der Waals surface area contributed by atoms with Gasteiger partial charge in [-0.15, -0.1) is 0 Å². The maximum absolute atomic E-state index is 14.2. The Labute approximate surface area is 264 Å². The van der Waals surface area contributed by atoms with Crippen LogP contribution in [0, 0.1) is 29.1 Å². The van der Waals surface area contributed by atoms with Crippen molar-refractivity contribution in [1.82, 2.24) is 0 Å². The van der Waals surface area contributed by atoms with Crippen LogP contribution in [0.3, 0.4) is 0 Å². The van der Waals surface area contributed by atoms with Crippen LogP contribution in [0.2, 0.25) is 0 Å². The maximum Gasteiger partial charge on any atom is 0.344 e. The molecular formula is C35H49F5O5. The summed E-state index contributed by atoms with van der Waals surface area (Å²) in [4.78, 5) is 12.5. The fourth-order valence-corrected chi connectivity index (χ4v) is 4.73. The van der Waals surface area contributed by atoms with Gasteiger partial charge in [-0.1, -0.05) is 97.8 Å². The molecule has 45 heavy (non-hydrogen) atoms. The molecule has 0 spiro atoms. The highest BCUT2D eigenvalue weighted by molar-refractivity contribution is 5.90. The molecule has 10 heteroatoms. The molecule has 2 aromatic carbocycles. The molecule has 0 fully saturated rings. The van der Waals surface area contributed by atoms with Crippen LogP contribution >= 0.6 is 0 Å². The van der Waals surface area contributed by atoms with Crippen molar-refractivity contribution in [2.75, 3.05) is 19.8 Å². The van der Waals surface area contributed by atoms with Crippen LogP contribution in [0.5, 0.6) is 17.2 Å². The lowest BCUT2D eigenvalue weighted by molar-refractivity contribution is 0.0457. The Bertz CT molecular complexity index is 1110. The van der Waals surface area contributed by atoms with Crippen LogP contribution in [0.1, 0.15) is 133 Å². The molecule has 2 aromatic rings. The standard InChI is InChI=1S/C35H49F5O5/c1-4-7-10-13-16-19-42-26-22-25(24-45-35(41)28-29(36)31(38)33(40)32(39)30(28)37)23-27(43-20-17-14-11-8-5-2)34(26)44-21-18-15-12-9-6-3/h22-23H,4-21,24H2,1-3H3. The number of rotatable bonds is 24. The predicted octanol–water partition coefficient (Wildman–Crippen LogP) is 10.8. The molecule has 0 saturated carbocycles. The number of halogens is 5. The monoisotopic (exact) mass is 644 g/mol. The van der Waals surface area contributed by atoms with Crippen LogP contribution in [-0.2, 0) is 11.3 Å². The highest BCUT2D eigenvalue weighted by atomic mass is 19.2. The van der Waals surface area contributed by atoms with E-state index < -0.39 is 47.2 Å². The first-order valence-corrected chi connectivity index (χ1v) is 16.5. The Morgan fingerprint density at radius 3 is 1.33 bits per heavy atom. The number of carbonyl (C=O) groups is 1. The normalized spacial score (nSPS) is 11.1. The van der Waals surface area contributed by atoms with Gasteiger partial charge in [-0.2, -0.15) is 0 Å². The summed E-state index contributed by atoms with van der Waals surface area (Å²) in [7, 11) is 0. The van der Waals surface area contributed by atoms with Crippen LogP contribution < -0.4 is 14.2 Å². The second-order valence-electron chi connectivity index (χ2n) is 11.2. The van der Waals surface area contributed by atoms with Gasteiger partial charge in [0.1, 0.15) is 12.2 Å².